The number of amides is 2. The quantitative estimate of drug-likeness (QED) is 0.408. The van der Waals surface area contributed by atoms with Crippen molar-refractivity contribution in [3.05, 3.63) is 64.7 Å². The standard InChI is InChI=1S/C29H36ClF3N2O4/c1-27(2,19-39-22-10-11-23(24(30)18-22)25(36)34(3)4)15-12-20-13-16-35(17-14-20)26(37)28(38,29(31,32)33)21-8-6-5-7-9-21/h5-11,18,20,38H,12-17,19H2,1-4H3/t28-/m1/s1. The Morgan fingerprint density at radius 2 is 1.69 bits per heavy atom. The highest BCUT2D eigenvalue weighted by Gasteiger charge is 2.62. The highest BCUT2D eigenvalue weighted by molar-refractivity contribution is 6.34. The van der Waals surface area contributed by atoms with Crippen LogP contribution in [-0.2, 0) is 10.4 Å². The van der Waals surface area contributed by atoms with Crippen LogP contribution >= 0.6 is 11.6 Å². The van der Waals surface area contributed by atoms with Crippen molar-refractivity contribution in [2.24, 2.45) is 11.3 Å². The molecule has 0 unspecified atom stereocenters. The number of ether oxygens (including phenoxy) is 1. The van der Waals surface area contributed by atoms with Crippen molar-refractivity contribution in [2.75, 3.05) is 33.8 Å². The Hall–Kier alpha value is -2.78. The largest absolute Gasteiger partial charge is 0.493 e. The Balaban J connectivity index is 1.52. The van der Waals surface area contributed by atoms with E-state index in [0.717, 1.165) is 29.9 Å². The molecule has 10 heteroatoms. The minimum absolute atomic E-state index is 0.155. The van der Waals surface area contributed by atoms with E-state index in [0.29, 0.717) is 35.8 Å². The number of hydrogen-bond acceptors (Lipinski definition) is 4. The number of aliphatic hydroxyl groups is 1. The van der Waals surface area contributed by atoms with E-state index in [2.05, 4.69) is 13.8 Å². The second-order valence-electron chi connectivity index (χ2n) is 11.1. The summed E-state index contributed by atoms with van der Waals surface area (Å²) in [5.41, 5.74) is -3.84. The van der Waals surface area contributed by atoms with Crippen molar-refractivity contribution >= 4 is 23.4 Å². The minimum atomic E-state index is -5.14. The number of rotatable bonds is 9. The van der Waals surface area contributed by atoms with Gasteiger partial charge in [-0.25, -0.2) is 0 Å². The molecule has 3 rings (SSSR count). The number of piperidine rings is 1. The predicted octanol–water partition coefficient (Wildman–Crippen LogP) is 5.92. The monoisotopic (exact) mass is 568 g/mol. The number of hydrogen-bond donors (Lipinski definition) is 1. The zero-order valence-electron chi connectivity index (χ0n) is 22.7. The van der Waals surface area contributed by atoms with Gasteiger partial charge in [0.2, 0.25) is 0 Å². The molecule has 2 aromatic carbocycles. The molecule has 1 fully saturated rings. The van der Waals surface area contributed by atoms with Crippen molar-refractivity contribution in [3.63, 3.8) is 0 Å². The SMILES string of the molecule is CN(C)C(=O)c1ccc(OCC(C)(C)CCC2CCN(C(=O)[C@](O)(c3ccccc3)C(F)(F)F)CC2)cc1Cl. The molecule has 1 aliphatic rings. The van der Waals surface area contributed by atoms with Gasteiger partial charge in [-0.3, -0.25) is 9.59 Å². The Morgan fingerprint density at radius 1 is 1.08 bits per heavy atom. The van der Waals surface area contributed by atoms with Crippen LogP contribution in [0.15, 0.2) is 48.5 Å². The Morgan fingerprint density at radius 3 is 2.23 bits per heavy atom. The Kier molecular flexibility index (Phi) is 9.60. The van der Waals surface area contributed by atoms with Gasteiger partial charge in [0.15, 0.2) is 0 Å². The number of halogens is 4. The van der Waals surface area contributed by atoms with Gasteiger partial charge in [0.1, 0.15) is 5.75 Å². The van der Waals surface area contributed by atoms with Gasteiger partial charge in [0, 0.05) is 32.7 Å². The van der Waals surface area contributed by atoms with Gasteiger partial charge >= 0.3 is 6.18 Å². The van der Waals surface area contributed by atoms with Gasteiger partial charge < -0.3 is 19.6 Å². The zero-order chi connectivity index (χ0) is 29.0. The lowest BCUT2D eigenvalue weighted by atomic mass is 9.82. The van der Waals surface area contributed by atoms with E-state index in [9.17, 15) is 27.9 Å². The Bertz CT molecular complexity index is 1150. The normalized spacial score (nSPS) is 16.5. The van der Waals surface area contributed by atoms with Crippen LogP contribution in [0.2, 0.25) is 5.02 Å². The summed E-state index contributed by atoms with van der Waals surface area (Å²) in [4.78, 5) is 27.7. The van der Waals surface area contributed by atoms with Crippen molar-refractivity contribution < 1.29 is 32.6 Å². The first-order valence-electron chi connectivity index (χ1n) is 12.9. The first-order valence-corrected chi connectivity index (χ1v) is 13.3. The summed E-state index contributed by atoms with van der Waals surface area (Å²) in [6, 6.07) is 11.5. The molecule has 2 aromatic rings. The van der Waals surface area contributed by atoms with Gasteiger partial charge in [0.05, 0.1) is 17.2 Å². The van der Waals surface area contributed by atoms with Crippen LogP contribution in [0.3, 0.4) is 0 Å². The fraction of sp³-hybridized carbons (Fsp3) is 0.517. The van der Waals surface area contributed by atoms with E-state index in [1.54, 1.807) is 32.3 Å². The van der Waals surface area contributed by atoms with Crippen LogP contribution in [0.4, 0.5) is 13.2 Å². The molecule has 1 heterocycles. The topological polar surface area (TPSA) is 70.1 Å². The van der Waals surface area contributed by atoms with Crippen LogP contribution in [0.5, 0.6) is 5.75 Å². The highest BCUT2D eigenvalue weighted by atomic mass is 35.5. The number of likely N-dealkylation sites (tertiary alicyclic amines) is 1. The van der Waals surface area contributed by atoms with Gasteiger partial charge in [0.25, 0.3) is 17.4 Å². The molecule has 1 saturated heterocycles. The number of carbonyl (C=O) groups excluding carboxylic acids is 2. The molecule has 39 heavy (non-hydrogen) atoms. The zero-order valence-corrected chi connectivity index (χ0v) is 23.5. The summed E-state index contributed by atoms with van der Waals surface area (Å²) in [6.45, 7) is 4.86. The second-order valence-corrected chi connectivity index (χ2v) is 11.5. The summed E-state index contributed by atoms with van der Waals surface area (Å²) in [5.74, 6) is -0.714. The number of benzene rings is 2. The number of alkyl halides is 3. The third-order valence-corrected chi connectivity index (χ3v) is 7.56. The highest BCUT2D eigenvalue weighted by Crippen LogP contribution is 2.41. The van der Waals surface area contributed by atoms with E-state index in [4.69, 9.17) is 16.3 Å². The molecular formula is C29H36ClF3N2O4. The maximum Gasteiger partial charge on any atom is 0.430 e. The molecule has 0 radical (unpaired) electrons. The lowest BCUT2D eigenvalue weighted by Gasteiger charge is -2.39. The molecule has 1 aliphatic heterocycles. The molecule has 0 spiro atoms. The van der Waals surface area contributed by atoms with Crippen molar-refractivity contribution in [3.8, 4) is 5.75 Å². The van der Waals surface area contributed by atoms with Gasteiger partial charge in [-0.05, 0) is 55.2 Å². The van der Waals surface area contributed by atoms with E-state index in [1.807, 2.05) is 0 Å². The summed E-state index contributed by atoms with van der Waals surface area (Å²) in [6.07, 6.45) is -2.38. The van der Waals surface area contributed by atoms with Crippen LogP contribution < -0.4 is 4.74 Å². The fourth-order valence-electron chi connectivity index (χ4n) is 4.69. The fourth-order valence-corrected chi connectivity index (χ4v) is 4.94. The van der Waals surface area contributed by atoms with Crippen LogP contribution in [0.25, 0.3) is 0 Å². The molecule has 1 atom stereocenters. The van der Waals surface area contributed by atoms with Crippen molar-refractivity contribution in [2.45, 2.75) is 51.3 Å². The molecule has 2 amide bonds. The van der Waals surface area contributed by atoms with Crippen LogP contribution in [0.1, 0.15) is 55.5 Å². The summed E-state index contributed by atoms with van der Waals surface area (Å²) in [7, 11) is 3.31. The molecular weight excluding hydrogens is 533 g/mol. The van der Waals surface area contributed by atoms with E-state index in [-0.39, 0.29) is 30.3 Å². The van der Waals surface area contributed by atoms with Crippen molar-refractivity contribution in [1.29, 1.82) is 0 Å². The van der Waals surface area contributed by atoms with Crippen molar-refractivity contribution in [1.82, 2.24) is 9.80 Å². The summed E-state index contributed by atoms with van der Waals surface area (Å²) in [5, 5.41) is 10.9. The van der Waals surface area contributed by atoms with E-state index >= 15 is 0 Å². The minimum Gasteiger partial charge on any atom is -0.493 e. The predicted molar refractivity (Wildman–Crippen MR) is 144 cm³/mol. The first kappa shape index (κ1) is 30.8. The molecule has 1 N–H and O–H groups in total. The summed E-state index contributed by atoms with van der Waals surface area (Å²) >= 11 is 6.27. The molecule has 0 saturated carbocycles. The first-order chi connectivity index (χ1) is 18.2. The van der Waals surface area contributed by atoms with Gasteiger partial charge in [-0.2, -0.15) is 13.2 Å². The van der Waals surface area contributed by atoms with E-state index in [1.165, 1.54) is 23.1 Å². The number of carbonyl (C=O) groups is 2. The third-order valence-electron chi connectivity index (χ3n) is 7.25. The van der Waals surface area contributed by atoms with Crippen LogP contribution in [0, 0.1) is 11.3 Å². The van der Waals surface area contributed by atoms with Crippen LogP contribution in [-0.4, -0.2) is 66.7 Å². The maximum absolute atomic E-state index is 13.9. The lowest BCUT2D eigenvalue weighted by Crippen LogP contribution is -2.57. The average Bonchev–Trinajstić information content (AvgIpc) is 2.90. The lowest BCUT2D eigenvalue weighted by molar-refractivity contribution is -0.262. The smallest absolute Gasteiger partial charge is 0.430 e. The molecule has 6 nitrogen and oxygen atoms in total. The third kappa shape index (κ3) is 7.25. The number of nitrogens with zero attached hydrogens (tertiary/aromatic N) is 2. The Labute approximate surface area is 232 Å². The molecule has 214 valence electrons. The molecule has 0 bridgehead atoms. The van der Waals surface area contributed by atoms with E-state index < -0.39 is 23.2 Å². The van der Waals surface area contributed by atoms with Gasteiger partial charge in [-0.15, -0.1) is 0 Å². The van der Waals surface area contributed by atoms with Gasteiger partial charge in [-0.1, -0.05) is 55.8 Å². The molecule has 0 aromatic heterocycles. The summed E-state index contributed by atoms with van der Waals surface area (Å²) < 4.78 is 47.6. The maximum atomic E-state index is 13.9. The average molecular weight is 569 g/mol. The molecule has 0 aliphatic carbocycles. The second kappa shape index (κ2) is 12.2.